The van der Waals surface area contributed by atoms with Crippen LogP contribution in [0.4, 0.5) is 17.2 Å². The lowest BCUT2D eigenvalue weighted by Crippen LogP contribution is -2.42. The number of rotatable bonds is 3. The van der Waals surface area contributed by atoms with Crippen LogP contribution in [0.2, 0.25) is 0 Å². The smallest absolute Gasteiger partial charge is 0.308 e. The lowest BCUT2D eigenvalue weighted by molar-refractivity contribution is -0.138. The molecule has 0 radical (unpaired) electrons. The summed E-state index contributed by atoms with van der Waals surface area (Å²) in [6, 6.07) is 7.34. The lowest BCUT2D eigenvalue weighted by atomic mass is 10.0. The summed E-state index contributed by atoms with van der Waals surface area (Å²) in [7, 11) is 0. The van der Waals surface area contributed by atoms with Gasteiger partial charge in [0.1, 0.15) is 0 Å². The summed E-state index contributed by atoms with van der Waals surface area (Å²) >= 11 is 0. The summed E-state index contributed by atoms with van der Waals surface area (Å²) in [6.45, 7) is 0. The molecule has 8 heteroatoms. The highest BCUT2D eigenvalue weighted by Crippen LogP contribution is 2.41. The van der Waals surface area contributed by atoms with Crippen molar-refractivity contribution in [1.29, 1.82) is 0 Å². The average Bonchev–Trinajstić information content (AvgIpc) is 2.91. The SMILES string of the molecule is Nc1nonc1C1(CC(=O)O)Nc2ccccc2N1. The predicted octanol–water partition coefficient (Wildman–Crippen LogP) is 0.817. The Morgan fingerprint density at radius 3 is 2.42 bits per heavy atom. The van der Waals surface area contributed by atoms with E-state index in [4.69, 9.17) is 10.8 Å². The van der Waals surface area contributed by atoms with Gasteiger partial charge in [-0.2, -0.15) is 0 Å². The molecule has 0 atom stereocenters. The number of fused-ring (bicyclic) bond motifs is 1. The van der Waals surface area contributed by atoms with Crippen molar-refractivity contribution in [3.05, 3.63) is 30.0 Å². The van der Waals surface area contributed by atoms with Gasteiger partial charge in [-0.1, -0.05) is 12.1 Å². The molecule has 1 aromatic heterocycles. The molecule has 0 unspecified atom stereocenters. The van der Waals surface area contributed by atoms with Crippen LogP contribution < -0.4 is 16.4 Å². The molecule has 0 spiro atoms. The zero-order valence-electron chi connectivity index (χ0n) is 9.75. The van der Waals surface area contributed by atoms with Crippen molar-refractivity contribution in [2.45, 2.75) is 12.1 Å². The standard InChI is InChI=1S/C11H11N5O3/c12-10-9(15-19-16-10)11(5-8(17)18)13-6-3-1-2-4-7(6)14-11/h1-4,13-14H,5H2,(H2,12,16)(H,17,18). The molecule has 0 bridgehead atoms. The molecule has 1 aliphatic rings. The third-order valence-electron chi connectivity index (χ3n) is 2.96. The predicted molar refractivity (Wildman–Crippen MR) is 66.3 cm³/mol. The number of anilines is 3. The molecule has 98 valence electrons. The molecule has 2 heterocycles. The van der Waals surface area contributed by atoms with E-state index < -0.39 is 11.6 Å². The highest BCUT2D eigenvalue weighted by atomic mass is 16.6. The molecule has 0 fully saturated rings. The first-order valence-corrected chi connectivity index (χ1v) is 5.56. The quantitative estimate of drug-likeness (QED) is 0.639. The van der Waals surface area contributed by atoms with Gasteiger partial charge >= 0.3 is 5.97 Å². The van der Waals surface area contributed by atoms with Crippen LogP contribution in [0.25, 0.3) is 0 Å². The summed E-state index contributed by atoms with van der Waals surface area (Å²) in [4.78, 5) is 11.1. The summed E-state index contributed by atoms with van der Waals surface area (Å²) in [5.74, 6) is -0.954. The number of nitrogens with zero attached hydrogens (tertiary/aromatic N) is 2. The second kappa shape index (κ2) is 3.87. The number of nitrogen functional groups attached to an aromatic ring is 1. The molecule has 1 aromatic carbocycles. The zero-order chi connectivity index (χ0) is 13.5. The largest absolute Gasteiger partial charge is 0.481 e. The third kappa shape index (κ3) is 1.73. The Morgan fingerprint density at radius 2 is 1.95 bits per heavy atom. The second-order valence-electron chi connectivity index (χ2n) is 4.27. The first kappa shape index (κ1) is 11.3. The van der Waals surface area contributed by atoms with E-state index in [1.165, 1.54) is 0 Å². The maximum absolute atomic E-state index is 11.1. The van der Waals surface area contributed by atoms with Crippen molar-refractivity contribution in [1.82, 2.24) is 10.3 Å². The van der Waals surface area contributed by atoms with E-state index in [1.54, 1.807) is 0 Å². The molecular formula is C11H11N5O3. The topological polar surface area (TPSA) is 126 Å². The van der Waals surface area contributed by atoms with Gasteiger partial charge in [-0.15, -0.1) is 0 Å². The van der Waals surface area contributed by atoms with E-state index in [9.17, 15) is 4.79 Å². The number of aromatic nitrogens is 2. The molecule has 0 aliphatic carbocycles. The van der Waals surface area contributed by atoms with Gasteiger partial charge in [0.2, 0.25) is 0 Å². The Kier molecular flexibility index (Phi) is 2.31. The summed E-state index contributed by atoms with van der Waals surface area (Å²) in [5, 5.41) is 22.5. The van der Waals surface area contributed by atoms with Gasteiger partial charge in [0.05, 0.1) is 17.8 Å². The van der Waals surface area contributed by atoms with Crippen molar-refractivity contribution in [3.63, 3.8) is 0 Å². The average molecular weight is 261 g/mol. The van der Waals surface area contributed by atoms with Crippen molar-refractivity contribution >= 4 is 23.2 Å². The molecule has 1 aliphatic heterocycles. The molecule has 5 N–H and O–H groups in total. The van der Waals surface area contributed by atoms with Crippen LogP contribution in [-0.4, -0.2) is 21.4 Å². The van der Waals surface area contributed by atoms with E-state index in [0.29, 0.717) is 0 Å². The number of carboxylic acid groups (broad SMARTS) is 1. The number of aliphatic carboxylic acids is 1. The number of carboxylic acids is 1. The Bertz CT molecular complexity index is 614. The minimum Gasteiger partial charge on any atom is -0.481 e. The van der Waals surface area contributed by atoms with Crippen LogP contribution in [0, 0.1) is 0 Å². The monoisotopic (exact) mass is 261 g/mol. The number of carbonyl (C=O) groups is 1. The maximum atomic E-state index is 11.1. The van der Waals surface area contributed by atoms with Gasteiger partial charge in [-0.25, -0.2) is 4.63 Å². The molecule has 19 heavy (non-hydrogen) atoms. The summed E-state index contributed by atoms with van der Waals surface area (Å²) < 4.78 is 4.57. The van der Waals surface area contributed by atoms with Crippen LogP contribution in [-0.2, 0) is 10.5 Å². The molecule has 0 saturated heterocycles. The molecule has 8 nitrogen and oxygen atoms in total. The number of hydrogen-bond acceptors (Lipinski definition) is 7. The van der Waals surface area contributed by atoms with E-state index in [2.05, 4.69) is 25.6 Å². The fraction of sp³-hybridized carbons (Fsp3) is 0.182. The Morgan fingerprint density at radius 1 is 1.32 bits per heavy atom. The van der Waals surface area contributed by atoms with Crippen molar-refractivity contribution in [2.24, 2.45) is 0 Å². The van der Waals surface area contributed by atoms with Gasteiger partial charge in [0.15, 0.2) is 17.2 Å². The van der Waals surface area contributed by atoms with Gasteiger partial charge in [-0.05, 0) is 22.4 Å². The highest BCUT2D eigenvalue weighted by molar-refractivity contribution is 5.81. The molecule has 0 saturated carbocycles. The Balaban J connectivity index is 2.07. The fourth-order valence-corrected chi connectivity index (χ4v) is 2.20. The summed E-state index contributed by atoms with van der Waals surface area (Å²) in [6.07, 6.45) is -0.264. The normalized spacial score (nSPS) is 15.4. The van der Waals surface area contributed by atoms with Crippen LogP contribution in [0.3, 0.4) is 0 Å². The van der Waals surface area contributed by atoms with Crippen molar-refractivity contribution in [2.75, 3.05) is 16.4 Å². The van der Waals surface area contributed by atoms with Gasteiger partial charge in [0.25, 0.3) is 0 Å². The van der Waals surface area contributed by atoms with E-state index in [1.807, 2.05) is 24.3 Å². The number of nitrogens with one attached hydrogen (secondary N) is 2. The number of benzene rings is 1. The van der Waals surface area contributed by atoms with Crippen molar-refractivity contribution < 1.29 is 14.5 Å². The van der Waals surface area contributed by atoms with E-state index in [0.717, 1.165) is 11.4 Å². The van der Waals surface area contributed by atoms with Gasteiger partial charge < -0.3 is 21.5 Å². The Hall–Kier alpha value is -2.77. The lowest BCUT2D eigenvalue weighted by Gasteiger charge is -2.26. The fourth-order valence-electron chi connectivity index (χ4n) is 2.20. The highest BCUT2D eigenvalue weighted by Gasteiger charge is 2.44. The van der Waals surface area contributed by atoms with Crippen LogP contribution >= 0.6 is 0 Å². The number of para-hydroxylation sites is 2. The first-order valence-electron chi connectivity index (χ1n) is 5.56. The van der Waals surface area contributed by atoms with E-state index in [-0.39, 0.29) is 17.9 Å². The minimum atomic E-state index is -1.15. The number of hydrogen-bond donors (Lipinski definition) is 4. The van der Waals surface area contributed by atoms with Crippen LogP contribution in [0.1, 0.15) is 12.1 Å². The zero-order valence-corrected chi connectivity index (χ0v) is 9.75. The molecule has 3 rings (SSSR count). The minimum absolute atomic E-state index is 0.0501. The van der Waals surface area contributed by atoms with Crippen molar-refractivity contribution in [3.8, 4) is 0 Å². The first-order chi connectivity index (χ1) is 9.11. The second-order valence-corrected chi connectivity index (χ2v) is 4.27. The van der Waals surface area contributed by atoms with Gasteiger partial charge in [-0.3, -0.25) is 4.79 Å². The molecular weight excluding hydrogens is 250 g/mol. The van der Waals surface area contributed by atoms with E-state index >= 15 is 0 Å². The van der Waals surface area contributed by atoms with Gasteiger partial charge in [0, 0.05) is 0 Å². The number of nitrogens with two attached hydrogens (primary N) is 1. The van der Waals surface area contributed by atoms with Crippen LogP contribution in [0.5, 0.6) is 0 Å². The molecule has 2 aromatic rings. The maximum Gasteiger partial charge on any atom is 0.308 e. The van der Waals surface area contributed by atoms with Crippen LogP contribution in [0.15, 0.2) is 28.9 Å². The Labute approximate surface area is 107 Å². The third-order valence-corrected chi connectivity index (χ3v) is 2.96. The summed E-state index contributed by atoms with van der Waals surface area (Å²) in [5.41, 5.74) is 6.29. The molecule has 0 amide bonds.